The molecule has 1 aromatic heterocycles. The minimum absolute atomic E-state index is 0.243. The molecule has 0 aliphatic heterocycles. The zero-order chi connectivity index (χ0) is 24.0. The summed E-state index contributed by atoms with van der Waals surface area (Å²) in [7, 11) is 2.78. The Morgan fingerprint density at radius 2 is 2.00 bits per heavy atom. The number of aromatic nitrogens is 2. The number of benzene rings is 2. The molecule has 1 heterocycles. The van der Waals surface area contributed by atoms with Crippen molar-refractivity contribution in [1.29, 1.82) is 0 Å². The van der Waals surface area contributed by atoms with E-state index < -0.39 is 5.97 Å². The highest BCUT2D eigenvalue weighted by molar-refractivity contribution is 9.10. The maximum atomic E-state index is 13.2. The fraction of sp³-hybridized carbons (Fsp3) is 0.304. The highest BCUT2D eigenvalue weighted by Gasteiger charge is 2.14. The van der Waals surface area contributed by atoms with E-state index in [-0.39, 0.29) is 12.2 Å². The smallest absolute Gasteiger partial charge is 0.343 e. The van der Waals surface area contributed by atoms with Crippen LogP contribution in [0.2, 0.25) is 0 Å². The van der Waals surface area contributed by atoms with Crippen LogP contribution in [0, 0.1) is 0 Å². The molecule has 0 bridgehead atoms. The largest absolute Gasteiger partial charge is 0.493 e. The molecule has 0 radical (unpaired) electrons. The van der Waals surface area contributed by atoms with Gasteiger partial charge in [-0.1, -0.05) is 29.3 Å². The molecule has 3 aromatic rings. The van der Waals surface area contributed by atoms with Crippen molar-refractivity contribution in [1.82, 2.24) is 9.66 Å². The summed E-state index contributed by atoms with van der Waals surface area (Å²) in [5.74, 6) is 0.841. The minimum Gasteiger partial charge on any atom is -0.493 e. The molecule has 0 spiro atoms. The Morgan fingerprint density at radius 1 is 1.21 bits per heavy atom. The molecule has 0 amide bonds. The number of hydrogen-bond donors (Lipinski definition) is 0. The standard InChI is InChI=1S/C23H23Br2N3O5/c1-4-5-6-20-27-18-8-7-15(24)11-16(18)23(30)28(20)26-12-14-9-17(25)22(19(10-14)31-2)33-13-21(29)32-3/h7-12H,4-6,13H2,1-3H3. The number of halogens is 2. The first-order valence-electron chi connectivity index (χ1n) is 10.2. The van der Waals surface area contributed by atoms with Gasteiger partial charge in [0.15, 0.2) is 18.1 Å². The average molecular weight is 581 g/mol. The summed E-state index contributed by atoms with van der Waals surface area (Å²) in [6, 6.07) is 8.87. The van der Waals surface area contributed by atoms with Crippen LogP contribution in [-0.4, -0.2) is 42.7 Å². The summed E-state index contributed by atoms with van der Waals surface area (Å²) in [6.07, 6.45) is 4.03. The predicted octanol–water partition coefficient (Wildman–Crippen LogP) is 4.71. The van der Waals surface area contributed by atoms with Crippen molar-refractivity contribution < 1.29 is 19.0 Å². The van der Waals surface area contributed by atoms with Crippen molar-refractivity contribution in [2.75, 3.05) is 20.8 Å². The van der Waals surface area contributed by atoms with Crippen molar-refractivity contribution in [3.63, 3.8) is 0 Å². The van der Waals surface area contributed by atoms with E-state index in [0.717, 1.165) is 17.3 Å². The highest BCUT2D eigenvalue weighted by Crippen LogP contribution is 2.36. The summed E-state index contributed by atoms with van der Waals surface area (Å²) >= 11 is 6.85. The fourth-order valence-corrected chi connectivity index (χ4v) is 4.01. The minimum atomic E-state index is -0.510. The summed E-state index contributed by atoms with van der Waals surface area (Å²) in [4.78, 5) is 29.3. The molecule has 8 nitrogen and oxygen atoms in total. The van der Waals surface area contributed by atoms with Crippen molar-refractivity contribution in [3.05, 3.63) is 61.0 Å². The lowest BCUT2D eigenvalue weighted by atomic mass is 10.2. The Hall–Kier alpha value is -2.72. The SMILES string of the molecule is CCCCc1nc2ccc(Br)cc2c(=O)n1N=Cc1cc(Br)c(OCC(=O)OC)c(OC)c1. The van der Waals surface area contributed by atoms with Gasteiger partial charge in [0.1, 0.15) is 5.82 Å². The molecule has 0 fully saturated rings. The zero-order valence-corrected chi connectivity index (χ0v) is 21.6. The van der Waals surface area contributed by atoms with Gasteiger partial charge in [0.2, 0.25) is 0 Å². The van der Waals surface area contributed by atoms with Crippen molar-refractivity contribution in [2.24, 2.45) is 5.10 Å². The molecule has 33 heavy (non-hydrogen) atoms. The molecular weight excluding hydrogens is 558 g/mol. The summed E-state index contributed by atoms with van der Waals surface area (Å²) < 4.78 is 18.2. The van der Waals surface area contributed by atoms with Gasteiger partial charge in [0.05, 0.1) is 35.8 Å². The fourth-order valence-electron chi connectivity index (χ4n) is 3.08. The third-order valence-corrected chi connectivity index (χ3v) is 5.85. The monoisotopic (exact) mass is 579 g/mol. The average Bonchev–Trinajstić information content (AvgIpc) is 2.81. The van der Waals surface area contributed by atoms with Crippen LogP contribution in [0.5, 0.6) is 11.5 Å². The van der Waals surface area contributed by atoms with Crippen molar-refractivity contribution in [2.45, 2.75) is 26.2 Å². The maximum Gasteiger partial charge on any atom is 0.343 e. The first-order valence-corrected chi connectivity index (χ1v) is 11.8. The Balaban J connectivity index is 2.02. The van der Waals surface area contributed by atoms with E-state index in [4.69, 9.17) is 9.47 Å². The van der Waals surface area contributed by atoms with Gasteiger partial charge in [0.25, 0.3) is 5.56 Å². The molecule has 0 saturated carbocycles. The van der Waals surface area contributed by atoms with E-state index in [2.05, 4.69) is 53.6 Å². The second-order valence-electron chi connectivity index (χ2n) is 7.05. The normalized spacial score (nSPS) is 11.2. The first-order chi connectivity index (χ1) is 15.9. The lowest BCUT2D eigenvalue weighted by Crippen LogP contribution is -2.22. The van der Waals surface area contributed by atoms with E-state index in [9.17, 15) is 9.59 Å². The third kappa shape index (κ3) is 6.00. The summed E-state index contributed by atoms with van der Waals surface area (Å²) in [5, 5.41) is 4.93. The molecule has 174 valence electrons. The summed E-state index contributed by atoms with van der Waals surface area (Å²) in [5.41, 5.74) is 1.05. The van der Waals surface area contributed by atoms with Gasteiger partial charge in [-0.05, 0) is 58.2 Å². The molecular formula is C23H23Br2N3O5. The molecule has 2 aromatic carbocycles. The number of ether oxygens (including phenoxy) is 3. The number of aryl methyl sites for hydroxylation is 1. The van der Waals surface area contributed by atoms with Gasteiger partial charge >= 0.3 is 5.97 Å². The maximum absolute atomic E-state index is 13.2. The van der Waals surface area contributed by atoms with Crippen LogP contribution in [0.1, 0.15) is 31.2 Å². The Bertz CT molecular complexity index is 1260. The van der Waals surface area contributed by atoms with Gasteiger partial charge in [-0.2, -0.15) is 9.78 Å². The second kappa shape index (κ2) is 11.4. The van der Waals surface area contributed by atoms with Crippen molar-refractivity contribution >= 4 is 54.9 Å². The number of esters is 1. The van der Waals surface area contributed by atoms with Crippen molar-refractivity contribution in [3.8, 4) is 11.5 Å². The number of hydrogen-bond acceptors (Lipinski definition) is 7. The van der Waals surface area contributed by atoms with Gasteiger partial charge < -0.3 is 14.2 Å². The lowest BCUT2D eigenvalue weighted by Gasteiger charge is -2.13. The molecule has 10 heteroatoms. The van der Waals surface area contributed by atoms with Crippen LogP contribution >= 0.6 is 31.9 Å². The lowest BCUT2D eigenvalue weighted by molar-refractivity contribution is -0.142. The van der Waals surface area contributed by atoms with Crippen LogP contribution in [0.4, 0.5) is 0 Å². The number of unbranched alkanes of at least 4 members (excludes halogenated alkanes) is 1. The summed E-state index contributed by atoms with van der Waals surface area (Å²) in [6.45, 7) is 1.82. The van der Waals surface area contributed by atoms with Crippen LogP contribution < -0.4 is 15.0 Å². The van der Waals surface area contributed by atoms with Crippen LogP contribution in [0.15, 0.2) is 49.2 Å². The van der Waals surface area contributed by atoms with Gasteiger partial charge in [-0.25, -0.2) is 9.78 Å². The number of fused-ring (bicyclic) bond motifs is 1. The predicted molar refractivity (Wildman–Crippen MR) is 134 cm³/mol. The number of methoxy groups -OCH3 is 2. The third-order valence-electron chi connectivity index (χ3n) is 4.77. The van der Waals surface area contributed by atoms with Gasteiger partial charge in [-0.15, -0.1) is 0 Å². The van der Waals surface area contributed by atoms with Crippen LogP contribution in [0.25, 0.3) is 10.9 Å². The highest BCUT2D eigenvalue weighted by atomic mass is 79.9. The molecule has 0 unspecified atom stereocenters. The number of carbonyl (C=O) groups excluding carboxylic acids is 1. The van der Waals surface area contributed by atoms with E-state index in [1.165, 1.54) is 18.9 Å². The van der Waals surface area contributed by atoms with Gasteiger partial charge in [-0.3, -0.25) is 4.79 Å². The quantitative estimate of drug-likeness (QED) is 0.269. The first kappa shape index (κ1) is 24.9. The Kier molecular flexibility index (Phi) is 8.62. The molecule has 0 aliphatic rings. The molecule has 3 rings (SSSR count). The van der Waals surface area contributed by atoms with Gasteiger partial charge in [0, 0.05) is 10.9 Å². The molecule has 0 atom stereocenters. The molecule has 0 N–H and O–H groups in total. The van der Waals surface area contributed by atoms with E-state index >= 15 is 0 Å². The zero-order valence-electron chi connectivity index (χ0n) is 18.4. The second-order valence-corrected chi connectivity index (χ2v) is 8.82. The van der Waals surface area contributed by atoms with Crippen LogP contribution in [0.3, 0.4) is 0 Å². The number of carbonyl (C=O) groups is 1. The molecule has 0 aliphatic carbocycles. The molecule has 0 saturated heterocycles. The Labute approximate surface area is 207 Å². The number of rotatable bonds is 9. The topological polar surface area (TPSA) is 92.0 Å². The van der Waals surface area contributed by atoms with E-state index in [1.807, 2.05) is 12.1 Å². The van der Waals surface area contributed by atoms with Crippen LogP contribution in [-0.2, 0) is 16.0 Å². The number of nitrogens with zero attached hydrogens (tertiary/aromatic N) is 3. The van der Waals surface area contributed by atoms with E-state index in [0.29, 0.717) is 44.7 Å². The Morgan fingerprint density at radius 3 is 2.70 bits per heavy atom. The van der Waals surface area contributed by atoms with E-state index in [1.54, 1.807) is 24.4 Å².